The van der Waals surface area contributed by atoms with Gasteiger partial charge in [0.15, 0.2) is 0 Å². The first kappa shape index (κ1) is 15.8. The molecule has 2 aromatic carbocycles. The number of benzene rings is 2. The molecule has 2 nitrogen and oxygen atoms in total. The highest BCUT2D eigenvalue weighted by Gasteiger charge is 2.14. The molecule has 0 unspecified atom stereocenters. The Morgan fingerprint density at radius 3 is 2.71 bits per heavy atom. The Kier molecular flexibility index (Phi) is 4.93. The number of alkyl halides is 1. The summed E-state index contributed by atoms with van der Waals surface area (Å²) >= 11 is 15.4. The average molecular weight is 540 g/mol. The van der Waals surface area contributed by atoms with Crippen molar-refractivity contribution in [3.05, 3.63) is 54.7 Å². The van der Waals surface area contributed by atoms with E-state index in [0.29, 0.717) is 5.88 Å². The number of imidazole rings is 1. The van der Waals surface area contributed by atoms with Gasteiger partial charge in [0.2, 0.25) is 0 Å². The van der Waals surface area contributed by atoms with Crippen LogP contribution in [0.15, 0.2) is 45.3 Å². The molecule has 0 aliphatic heterocycles. The fourth-order valence-electron chi connectivity index (χ4n) is 2.28. The largest absolute Gasteiger partial charge is 0.295 e. The Balaban J connectivity index is 2.33. The van der Waals surface area contributed by atoms with Gasteiger partial charge in [-0.15, -0.1) is 11.6 Å². The number of nitrogens with zero attached hydrogens (tertiary/aromatic N) is 2. The number of rotatable bonds is 3. The summed E-state index contributed by atoms with van der Waals surface area (Å²) in [5, 5.41) is 0. The molecule has 6 heteroatoms. The van der Waals surface area contributed by atoms with E-state index in [2.05, 4.69) is 83.3 Å². The van der Waals surface area contributed by atoms with Gasteiger partial charge in [-0.3, -0.25) is 4.57 Å². The van der Waals surface area contributed by atoms with E-state index < -0.39 is 0 Å². The maximum Gasteiger partial charge on any atom is 0.115 e. The molecule has 0 bridgehead atoms. The van der Waals surface area contributed by atoms with Crippen molar-refractivity contribution in [1.29, 1.82) is 0 Å². The third kappa shape index (κ3) is 3.16. The smallest absolute Gasteiger partial charge is 0.115 e. The van der Waals surface area contributed by atoms with Crippen molar-refractivity contribution < 1.29 is 0 Å². The summed E-state index contributed by atoms with van der Waals surface area (Å²) in [6.07, 6.45) is 0.728. The molecular formula is C15H10Br2ClIN2. The van der Waals surface area contributed by atoms with Crippen LogP contribution in [0.25, 0.3) is 16.7 Å². The predicted octanol–water partition coefficient (Wildman–Crippen LogP) is 5.94. The van der Waals surface area contributed by atoms with E-state index >= 15 is 0 Å². The maximum absolute atomic E-state index is 5.95. The highest BCUT2D eigenvalue weighted by atomic mass is 127. The molecule has 0 amide bonds. The van der Waals surface area contributed by atoms with Crippen LogP contribution in [0.3, 0.4) is 0 Å². The minimum atomic E-state index is 0.548. The maximum atomic E-state index is 5.95. The number of hydrogen-bond donors (Lipinski definition) is 0. The van der Waals surface area contributed by atoms with E-state index in [0.717, 1.165) is 37.9 Å². The molecule has 0 spiro atoms. The molecular weight excluding hydrogens is 530 g/mol. The molecule has 0 atom stereocenters. The third-order valence-corrected chi connectivity index (χ3v) is 5.18. The second kappa shape index (κ2) is 6.56. The molecule has 108 valence electrons. The normalized spacial score (nSPS) is 11.2. The lowest BCUT2D eigenvalue weighted by Crippen LogP contribution is -2.03. The molecule has 0 saturated carbocycles. The minimum absolute atomic E-state index is 0.548. The van der Waals surface area contributed by atoms with E-state index in [9.17, 15) is 0 Å². The standard InChI is InChI=1S/C15H10Br2ClIN2/c16-9-1-3-11(17)14(7-9)21-13-4-2-10(19)8-12(13)20-15(21)5-6-18/h1-4,7-8H,5-6H2. The molecule has 3 aromatic rings. The lowest BCUT2D eigenvalue weighted by atomic mass is 10.2. The topological polar surface area (TPSA) is 17.8 Å². The molecule has 0 fully saturated rings. The Bertz CT molecular complexity index is 817. The van der Waals surface area contributed by atoms with Crippen molar-refractivity contribution >= 4 is 77.1 Å². The summed E-state index contributed by atoms with van der Waals surface area (Å²) < 4.78 is 5.41. The van der Waals surface area contributed by atoms with Crippen molar-refractivity contribution in [2.24, 2.45) is 0 Å². The fraction of sp³-hybridized carbons (Fsp3) is 0.133. The quantitative estimate of drug-likeness (QED) is 0.297. The molecule has 0 saturated heterocycles. The second-order valence-electron chi connectivity index (χ2n) is 4.53. The molecule has 3 rings (SSSR count). The van der Waals surface area contributed by atoms with Crippen molar-refractivity contribution in [3.63, 3.8) is 0 Å². The SMILES string of the molecule is ClCCc1nc2cc(I)ccc2n1-c1cc(Br)ccc1Br. The summed E-state index contributed by atoms with van der Waals surface area (Å²) in [6, 6.07) is 12.4. The average Bonchev–Trinajstić information content (AvgIpc) is 2.79. The van der Waals surface area contributed by atoms with Gasteiger partial charge in [-0.1, -0.05) is 15.9 Å². The van der Waals surface area contributed by atoms with Crippen LogP contribution in [0.4, 0.5) is 0 Å². The van der Waals surface area contributed by atoms with Gasteiger partial charge in [0, 0.05) is 24.8 Å². The van der Waals surface area contributed by atoms with Gasteiger partial charge in [0.1, 0.15) is 5.82 Å². The summed E-state index contributed by atoms with van der Waals surface area (Å²) in [5.74, 6) is 1.52. The van der Waals surface area contributed by atoms with Crippen LogP contribution < -0.4 is 0 Å². The van der Waals surface area contributed by atoms with Gasteiger partial charge in [-0.05, 0) is 74.9 Å². The van der Waals surface area contributed by atoms with Crippen LogP contribution >= 0.6 is 66.1 Å². The van der Waals surface area contributed by atoms with Crippen LogP contribution in [-0.4, -0.2) is 15.4 Å². The highest BCUT2D eigenvalue weighted by molar-refractivity contribution is 14.1. The van der Waals surface area contributed by atoms with Gasteiger partial charge < -0.3 is 0 Å². The van der Waals surface area contributed by atoms with E-state index in [1.807, 2.05) is 12.1 Å². The van der Waals surface area contributed by atoms with Gasteiger partial charge in [0.05, 0.1) is 16.7 Å². The van der Waals surface area contributed by atoms with E-state index in [1.54, 1.807) is 0 Å². The van der Waals surface area contributed by atoms with Crippen LogP contribution in [0, 0.1) is 3.57 Å². The van der Waals surface area contributed by atoms with Crippen LogP contribution in [-0.2, 0) is 6.42 Å². The van der Waals surface area contributed by atoms with Gasteiger partial charge in [-0.25, -0.2) is 4.98 Å². The molecule has 21 heavy (non-hydrogen) atoms. The minimum Gasteiger partial charge on any atom is -0.295 e. The number of hydrogen-bond acceptors (Lipinski definition) is 1. The number of halogens is 4. The van der Waals surface area contributed by atoms with E-state index in [-0.39, 0.29) is 0 Å². The number of aromatic nitrogens is 2. The van der Waals surface area contributed by atoms with Gasteiger partial charge >= 0.3 is 0 Å². The first-order valence-electron chi connectivity index (χ1n) is 6.28. The molecule has 0 aliphatic carbocycles. The Labute approximate surface area is 158 Å². The van der Waals surface area contributed by atoms with Gasteiger partial charge in [0.25, 0.3) is 0 Å². The Hall–Kier alpha value is -0.110. The summed E-state index contributed by atoms with van der Waals surface area (Å²) in [4.78, 5) is 4.75. The monoisotopic (exact) mass is 538 g/mol. The first-order valence-corrected chi connectivity index (χ1v) is 9.48. The number of aryl methyl sites for hydroxylation is 1. The van der Waals surface area contributed by atoms with Crippen molar-refractivity contribution in [1.82, 2.24) is 9.55 Å². The zero-order chi connectivity index (χ0) is 15.0. The van der Waals surface area contributed by atoms with Crippen LogP contribution in [0.1, 0.15) is 5.82 Å². The Morgan fingerprint density at radius 1 is 1.14 bits per heavy atom. The molecule has 0 radical (unpaired) electrons. The van der Waals surface area contributed by atoms with Gasteiger partial charge in [-0.2, -0.15) is 0 Å². The fourth-order valence-corrected chi connectivity index (χ4v) is 3.70. The molecule has 0 aliphatic rings. The Morgan fingerprint density at radius 2 is 1.95 bits per heavy atom. The van der Waals surface area contributed by atoms with E-state index in [1.165, 1.54) is 3.57 Å². The predicted molar refractivity (Wildman–Crippen MR) is 104 cm³/mol. The number of fused-ring (bicyclic) bond motifs is 1. The van der Waals surface area contributed by atoms with Crippen molar-refractivity contribution in [2.75, 3.05) is 5.88 Å². The van der Waals surface area contributed by atoms with Crippen LogP contribution in [0.5, 0.6) is 0 Å². The van der Waals surface area contributed by atoms with E-state index in [4.69, 9.17) is 16.6 Å². The lowest BCUT2D eigenvalue weighted by molar-refractivity contribution is 0.909. The molecule has 1 heterocycles. The van der Waals surface area contributed by atoms with Crippen LogP contribution in [0.2, 0.25) is 0 Å². The van der Waals surface area contributed by atoms with Crippen molar-refractivity contribution in [3.8, 4) is 5.69 Å². The molecule has 0 N–H and O–H groups in total. The highest BCUT2D eigenvalue weighted by Crippen LogP contribution is 2.30. The summed E-state index contributed by atoms with van der Waals surface area (Å²) in [7, 11) is 0. The third-order valence-electron chi connectivity index (χ3n) is 3.15. The molecule has 1 aromatic heterocycles. The summed E-state index contributed by atoms with van der Waals surface area (Å²) in [6.45, 7) is 0. The first-order chi connectivity index (χ1) is 10.1. The lowest BCUT2D eigenvalue weighted by Gasteiger charge is -2.11. The zero-order valence-corrected chi connectivity index (χ0v) is 16.9. The summed E-state index contributed by atoms with van der Waals surface area (Å²) in [5.41, 5.74) is 3.15. The van der Waals surface area contributed by atoms with Crippen molar-refractivity contribution in [2.45, 2.75) is 6.42 Å². The second-order valence-corrected chi connectivity index (χ2v) is 7.92. The zero-order valence-electron chi connectivity index (χ0n) is 10.8.